The van der Waals surface area contributed by atoms with Gasteiger partial charge in [-0.05, 0) is 62.5 Å². The lowest BCUT2D eigenvalue weighted by atomic mass is 9.72. The Kier molecular flexibility index (Phi) is 8.51. The second kappa shape index (κ2) is 11.5. The lowest BCUT2D eigenvalue weighted by molar-refractivity contribution is -0.150. The maximum atomic E-state index is 6.23. The number of anilines is 1. The molecule has 1 aliphatic carbocycles. The summed E-state index contributed by atoms with van der Waals surface area (Å²) in [4.78, 5) is 9.92. The highest BCUT2D eigenvalue weighted by atomic mass is 16.5. The van der Waals surface area contributed by atoms with Gasteiger partial charge in [0.1, 0.15) is 5.60 Å². The number of pyridine rings is 1. The number of aryl methyl sites for hydroxylation is 1. The van der Waals surface area contributed by atoms with Crippen molar-refractivity contribution in [1.29, 1.82) is 0 Å². The number of ether oxygens (including phenoxy) is 1. The topological polar surface area (TPSA) is 45.9 Å². The Bertz CT molecular complexity index is 1190. The van der Waals surface area contributed by atoms with E-state index in [4.69, 9.17) is 14.8 Å². The van der Waals surface area contributed by atoms with Crippen LogP contribution in [0.5, 0.6) is 0 Å². The molecule has 2 fully saturated rings. The highest BCUT2D eigenvalue weighted by Gasteiger charge is 2.55. The van der Waals surface area contributed by atoms with E-state index >= 15 is 0 Å². The molecule has 2 aliphatic rings. The summed E-state index contributed by atoms with van der Waals surface area (Å²) in [6.07, 6.45) is 6.50. The van der Waals surface area contributed by atoms with Crippen molar-refractivity contribution in [2.24, 2.45) is 11.3 Å². The Morgan fingerprint density at radius 2 is 1.84 bits per heavy atom. The maximum absolute atomic E-state index is 6.23. The van der Waals surface area contributed by atoms with Crippen LogP contribution in [0.25, 0.3) is 5.65 Å². The molecule has 5 rings (SSSR count). The van der Waals surface area contributed by atoms with Gasteiger partial charge in [-0.3, -0.25) is 0 Å². The molecule has 1 aliphatic heterocycles. The van der Waals surface area contributed by atoms with Gasteiger partial charge in [0.25, 0.3) is 0 Å². The van der Waals surface area contributed by atoms with Crippen LogP contribution in [-0.2, 0) is 10.3 Å². The molecule has 0 spiro atoms. The van der Waals surface area contributed by atoms with Gasteiger partial charge in [0, 0.05) is 32.4 Å². The number of hydrogen-bond acceptors (Lipinski definition) is 5. The van der Waals surface area contributed by atoms with Crippen LogP contribution in [0.15, 0.2) is 60.9 Å². The summed E-state index contributed by atoms with van der Waals surface area (Å²) in [5, 5.41) is 5.00. The van der Waals surface area contributed by atoms with E-state index in [-0.39, 0.29) is 11.5 Å². The lowest BCUT2D eigenvalue weighted by Crippen LogP contribution is -2.60. The third kappa shape index (κ3) is 5.75. The molecule has 1 saturated heterocycles. The van der Waals surface area contributed by atoms with Crippen molar-refractivity contribution in [3.05, 3.63) is 72.3 Å². The fourth-order valence-corrected chi connectivity index (χ4v) is 5.66. The molecule has 3 aromatic rings. The maximum Gasteiger partial charge on any atom is 0.185 e. The van der Waals surface area contributed by atoms with Crippen molar-refractivity contribution in [2.45, 2.75) is 78.9 Å². The first-order valence-corrected chi connectivity index (χ1v) is 14.2. The molecule has 3 heterocycles. The number of fused-ring (bicyclic) bond motifs is 1. The molecule has 3 atom stereocenters. The molecule has 0 radical (unpaired) electrons. The predicted octanol–water partition coefficient (Wildman–Crippen LogP) is 6.85. The molecule has 0 bridgehead atoms. The number of benzene rings is 1. The Morgan fingerprint density at radius 1 is 1.18 bits per heavy atom. The summed E-state index contributed by atoms with van der Waals surface area (Å²) in [6.45, 7) is 21.0. The fraction of sp³-hybridized carbons (Fsp3) is 0.562. The van der Waals surface area contributed by atoms with Gasteiger partial charge in [0.15, 0.2) is 11.5 Å². The summed E-state index contributed by atoms with van der Waals surface area (Å²) in [7, 11) is 1.81. The summed E-state index contributed by atoms with van der Waals surface area (Å²) in [6, 6.07) is 14.5. The van der Waals surface area contributed by atoms with Crippen molar-refractivity contribution in [3.63, 3.8) is 0 Å². The fourth-order valence-electron chi connectivity index (χ4n) is 5.66. The largest absolute Gasteiger partial charge is 0.370 e. The number of hydrogen-bond donors (Lipinski definition) is 0. The summed E-state index contributed by atoms with van der Waals surface area (Å²) in [5.41, 5.74) is 4.12. The van der Waals surface area contributed by atoms with Gasteiger partial charge in [-0.15, -0.1) is 5.10 Å². The summed E-state index contributed by atoms with van der Waals surface area (Å²) < 4.78 is 8.21. The number of aromatic nitrogens is 3. The van der Waals surface area contributed by atoms with E-state index in [0.717, 1.165) is 67.5 Å². The molecule has 3 unspecified atom stereocenters. The van der Waals surface area contributed by atoms with E-state index < -0.39 is 5.60 Å². The van der Waals surface area contributed by atoms with Crippen molar-refractivity contribution < 1.29 is 4.74 Å². The molecule has 0 N–H and O–H groups in total. The number of nitrogens with zero attached hydrogens (tertiary/aromatic N) is 5. The second-order valence-corrected chi connectivity index (χ2v) is 12.1. The van der Waals surface area contributed by atoms with Crippen LogP contribution in [0.2, 0.25) is 0 Å². The van der Waals surface area contributed by atoms with Crippen LogP contribution in [-0.4, -0.2) is 52.3 Å². The van der Waals surface area contributed by atoms with Crippen molar-refractivity contribution >= 4 is 11.3 Å². The van der Waals surface area contributed by atoms with Crippen LogP contribution in [0.3, 0.4) is 0 Å². The second-order valence-electron chi connectivity index (χ2n) is 12.1. The van der Waals surface area contributed by atoms with Crippen LogP contribution in [0.4, 0.5) is 5.69 Å². The van der Waals surface area contributed by atoms with Crippen LogP contribution in [0.1, 0.15) is 71.7 Å². The van der Waals surface area contributed by atoms with E-state index in [9.17, 15) is 0 Å². The van der Waals surface area contributed by atoms with Crippen LogP contribution in [0, 0.1) is 18.3 Å². The quantitative estimate of drug-likeness (QED) is 0.327. The summed E-state index contributed by atoms with van der Waals surface area (Å²) in [5.74, 6) is 1.54. The Morgan fingerprint density at radius 3 is 2.32 bits per heavy atom. The molecule has 6 heteroatoms. The van der Waals surface area contributed by atoms with E-state index in [0.29, 0.717) is 0 Å². The third-order valence-electron chi connectivity index (χ3n) is 8.55. The first kappa shape index (κ1) is 28.2. The zero-order valence-electron chi connectivity index (χ0n) is 24.6. The summed E-state index contributed by atoms with van der Waals surface area (Å²) >= 11 is 0. The predicted molar refractivity (Wildman–Crippen MR) is 157 cm³/mol. The molecule has 0 amide bonds. The molecular weight excluding hydrogens is 470 g/mol. The standard InChI is InChI=1S/C26H41N5O.C6H6/c1-9-25(6,7)17-30(18(2)3)22-10-12-26(22,32-8)24-27-23-20(5)14-21(16-31(23)28-24)29-13-11-19(4)15-29;1-2-4-6-5-3-1/h14,16,19,22H,2,9-13,15,17H2,1,3-8H3;1-6H. The van der Waals surface area contributed by atoms with E-state index in [1.165, 1.54) is 12.1 Å². The first-order valence-electron chi connectivity index (χ1n) is 14.2. The van der Waals surface area contributed by atoms with Gasteiger partial charge in [-0.2, -0.15) is 0 Å². The zero-order valence-corrected chi connectivity index (χ0v) is 24.6. The van der Waals surface area contributed by atoms with Gasteiger partial charge in [-0.25, -0.2) is 9.50 Å². The van der Waals surface area contributed by atoms with Crippen LogP contribution >= 0.6 is 0 Å². The van der Waals surface area contributed by atoms with E-state index in [1.54, 1.807) is 0 Å². The smallest absolute Gasteiger partial charge is 0.185 e. The normalized spacial score (nSPS) is 23.1. The average molecular weight is 518 g/mol. The van der Waals surface area contributed by atoms with E-state index in [2.05, 4.69) is 70.2 Å². The number of methoxy groups -OCH3 is 1. The van der Waals surface area contributed by atoms with Crippen LogP contribution < -0.4 is 4.90 Å². The van der Waals surface area contributed by atoms with Gasteiger partial charge in [0.2, 0.25) is 0 Å². The SMILES string of the molecule is C=C(C)N(CC(C)(C)CC)C1CCC1(OC)c1nc2c(C)cc(N3CCC(C)C3)cn2n1.c1ccccc1. The molecule has 38 heavy (non-hydrogen) atoms. The Hall–Kier alpha value is -2.86. The highest BCUT2D eigenvalue weighted by Crippen LogP contribution is 2.48. The Labute approximate surface area is 229 Å². The first-order chi connectivity index (χ1) is 18.1. The molecule has 1 aromatic carbocycles. The van der Waals surface area contributed by atoms with Gasteiger partial charge in [-0.1, -0.05) is 70.7 Å². The number of rotatable bonds is 8. The van der Waals surface area contributed by atoms with Crippen molar-refractivity contribution in [1.82, 2.24) is 19.5 Å². The van der Waals surface area contributed by atoms with Crippen molar-refractivity contribution in [2.75, 3.05) is 31.6 Å². The minimum Gasteiger partial charge on any atom is -0.370 e. The van der Waals surface area contributed by atoms with E-state index in [1.807, 2.05) is 48.0 Å². The van der Waals surface area contributed by atoms with Crippen molar-refractivity contribution in [3.8, 4) is 0 Å². The van der Waals surface area contributed by atoms with Gasteiger partial charge < -0.3 is 14.5 Å². The number of allylic oxidation sites excluding steroid dienone is 1. The zero-order chi connectivity index (χ0) is 27.5. The molecule has 1 saturated carbocycles. The lowest BCUT2D eigenvalue weighted by Gasteiger charge is -2.53. The average Bonchev–Trinajstić information content (AvgIpc) is 3.52. The third-order valence-corrected chi connectivity index (χ3v) is 8.55. The molecular formula is C32H47N5O. The van der Waals surface area contributed by atoms with Gasteiger partial charge in [0.05, 0.1) is 17.9 Å². The van der Waals surface area contributed by atoms with Gasteiger partial charge >= 0.3 is 0 Å². The molecule has 206 valence electrons. The Balaban J connectivity index is 0.000000494. The molecule has 6 nitrogen and oxygen atoms in total. The molecule has 2 aromatic heterocycles. The monoisotopic (exact) mass is 517 g/mol. The highest BCUT2D eigenvalue weighted by molar-refractivity contribution is 5.57. The minimum atomic E-state index is -0.496. The minimum absolute atomic E-state index is 0.201.